The molecule has 5 heteroatoms. The third-order valence-electron chi connectivity index (χ3n) is 3.56. The number of hydrogen-bond acceptors (Lipinski definition) is 3. The number of ketones is 1. The molecule has 1 aliphatic heterocycles. The number of halogens is 1. The Morgan fingerprint density at radius 2 is 1.41 bits per heavy atom. The minimum Gasteiger partial charge on any atom is -0.293 e. The molecule has 0 saturated heterocycles. The van der Waals surface area contributed by atoms with Gasteiger partial charge < -0.3 is 0 Å². The van der Waals surface area contributed by atoms with Gasteiger partial charge in [0.2, 0.25) is 0 Å². The van der Waals surface area contributed by atoms with Gasteiger partial charge in [0, 0.05) is 12.1 Å². The van der Waals surface area contributed by atoms with Crippen molar-refractivity contribution < 1.29 is 14.4 Å². The molecule has 1 atom stereocenters. The van der Waals surface area contributed by atoms with Crippen molar-refractivity contribution in [2.24, 2.45) is 0 Å². The van der Waals surface area contributed by atoms with E-state index in [9.17, 15) is 14.4 Å². The van der Waals surface area contributed by atoms with E-state index in [2.05, 4.69) is 15.9 Å². The first-order chi connectivity index (χ1) is 10.6. The minimum absolute atomic E-state index is 0.0140. The highest BCUT2D eigenvalue weighted by Gasteiger charge is 2.37. The first-order valence-electron chi connectivity index (χ1n) is 6.78. The van der Waals surface area contributed by atoms with Gasteiger partial charge in [-0.15, -0.1) is 0 Å². The molecule has 2 aromatic rings. The highest BCUT2D eigenvalue weighted by Crippen LogP contribution is 2.24. The van der Waals surface area contributed by atoms with Crippen LogP contribution in [0.1, 0.15) is 31.1 Å². The molecule has 3 rings (SSSR count). The summed E-state index contributed by atoms with van der Waals surface area (Å²) < 4.78 is 0. The zero-order chi connectivity index (χ0) is 15.7. The minimum atomic E-state index is -0.628. The number of benzene rings is 2. The lowest BCUT2D eigenvalue weighted by atomic mass is 10.1. The fourth-order valence-electron chi connectivity index (χ4n) is 2.43. The van der Waals surface area contributed by atoms with Gasteiger partial charge in [-0.1, -0.05) is 58.4 Å². The molecule has 0 fully saturated rings. The number of imide groups is 1. The summed E-state index contributed by atoms with van der Waals surface area (Å²) >= 11 is 3.29. The van der Waals surface area contributed by atoms with E-state index in [-0.39, 0.29) is 24.1 Å². The number of amides is 2. The normalized spacial score (nSPS) is 14.9. The van der Waals surface area contributed by atoms with Crippen molar-refractivity contribution in [3.8, 4) is 0 Å². The summed E-state index contributed by atoms with van der Waals surface area (Å²) in [5.41, 5.74) is 1.32. The van der Waals surface area contributed by atoms with E-state index in [4.69, 9.17) is 0 Å². The van der Waals surface area contributed by atoms with Crippen molar-refractivity contribution in [1.82, 2.24) is 4.90 Å². The molecule has 1 unspecified atom stereocenters. The number of Topliss-reactive ketones (excluding diaryl/α,β-unsaturated/α-hetero) is 1. The molecule has 0 spiro atoms. The van der Waals surface area contributed by atoms with Gasteiger partial charge in [0.05, 0.1) is 16.0 Å². The Morgan fingerprint density at radius 3 is 1.95 bits per heavy atom. The maximum absolute atomic E-state index is 12.3. The number of carbonyl (C=O) groups excluding carboxylic acids is 3. The molecule has 1 aliphatic rings. The molecule has 0 saturated carbocycles. The number of nitrogens with zero attached hydrogens (tertiary/aromatic N) is 1. The van der Waals surface area contributed by atoms with Gasteiger partial charge in [0.15, 0.2) is 5.78 Å². The lowest BCUT2D eigenvalue weighted by Crippen LogP contribution is -2.37. The van der Waals surface area contributed by atoms with Gasteiger partial charge in [-0.3, -0.25) is 19.3 Å². The van der Waals surface area contributed by atoms with Gasteiger partial charge in [-0.05, 0) is 12.1 Å². The molecule has 110 valence electrons. The Labute approximate surface area is 135 Å². The van der Waals surface area contributed by atoms with E-state index < -0.39 is 4.83 Å². The maximum atomic E-state index is 12.3. The molecule has 0 aliphatic carbocycles. The molecular weight excluding hydrogens is 346 g/mol. The number of carbonyl (C=O) groups is 3. The quantitative estimate of drug-likeness (QED) is 0.480. The summed E-state index contributed by atoms with van der Waals surface area (Å²) in [6, 6.07) is 15.5. The fraction of sp³-hybridized carbons (Fsp3) is 0.118. The van der Waals surface area contributed by atoms with E-state index in [1.165, 1.54) is 0 Å². The summed E-state index contributed by atoms with van der Waals surface area (Å²) in [4.78, 5) is 37.4. The largest absolute Gasteiger partial charge is 0.293 e. The number of rotatable bonds is 4. The molecule has 1 heterocycles. The van der Waals surface area contributed by atoms with E-state index in [1.807, 2.05) is 6.07 Å². The second-order valence-corrected chi connectivity index (χ2v) is 6.07. The number of hydrogen-bond donors (Lipinski definition) is 0. The van der Waals surface area contributed by atoms with Crippen LogP contribution < -0.4 is 0 Å². The van der Waals surface area contributed by atoms with Crippen LogP contribution in [0.2, 0.25) is 0 Å². The molecule has 4 nitrogen and oxygen atoms in total. The van der Waals surface area contributed by atoms with Crippen LogP contribution in [-0.2, 0) is 0 Å². The predicted molar refractivity (Wildman–Crippen MR) is 85.3 cm³/mol. The molecule has 0 bridgehead atoms. The summed E-state index contributed by atoms with van der Waals surface area (Å²) in [6.07, 6.45) is 0. The molecule has 0 radical (unpaired) electrons. The second kappa shape index (κ2) is 5.85. The lowest BCUT2D eigenvalue weighted by Gasteiger charge is -2.17. The Kier molecular flexibility index (Phi) is 3.90. The van der Waals surface area contributed by atoms with Crippen molar-refractivity contribution in [3.05, 3.63) is 71.3 Å². The maximum Gasteiger partial charge on any atom is 0.261 e. The van der Waals surface area contributed by atoms with Crippen molar-refractivity contribution >= 4 is 33.5 Å². The fourth-order valence-corrected chi connectivity index (χ4v) is 2.99. The van der Waals surface area contributed by atoms with Gasteiger partial charge >= 0.3 is 0 Å². The van der Waals surface area contributed by atoms with Crippen molar-refractivity contribution in [3.63, 3.8) is 0 Å². The number of alkyl halides is 1. The smallest absolute Gasteiger partial charge is 0.261 e. The lowest BCUT2D eigenvalue weighted by molar-refractivity contribution is 0.0653. The topological polar surface area (TPSA) is 54.5 Å². The highest BCUT2D eigenvalue weighted by molar-refractivity contribution is 9.10. The molecule has 0 aromatic heterocycles. The van der Waals surface area contributed by atoms with Gasteiger partial charge in [0.25, 0.3) is 11.8 Å². The van der Waals surface area contributed by atoms with Crippen LogP contribution in [0.5, 0.6) is 0 Å². The predicted octanol–water partition coefficient (Wildman–Crippen LogP) is 2.93. The van der Waals surface area contributed by atoms with Crippen LogP contribution in [-0.4, -0.2) is 33.9 Å². The van der Waals surface area contributed by atoms with Crippen molar-refractivity contribution in [2.75, 3.05) is 6.54 Å². The Morgan fingerprint density at radius 1 is 0.909 bits per heavy atom. The molecular formula is C17H12BrNO3. The van der Waals surface area contributed by atoms with Crippen LogP contribution in [0.3, 0.4) is 0 Å². The summed E-state index contributed by atoms with van der Waals surface area (Å²) in [7, 11) is 0. The molecule has 2 aromatic carbocycles. The average molecular weight is 358 g/mol. The summed E-state index contributed by atoms with van der Waals surface area (Å²) in [6.45, 7) is 0.0140. The van der Waals surface area contributed by atoms with Gasteiger partial charge in [0.1, 0.15) is 0 Å². The highest BCUT2D eigenvalue weighted by atomic mass is 79.9. The zero-order valence-electron chi connectivity index (χ0n) is 11.5. The van der Waals surface area contributed by atoms with Crippen molar-refractivity contribution in [2.45, 2.75) is 4.83 Å². The van der Waals surface area contributed by atoms with Gasteiger partial charge in [-0.2, -0.15) is 0 Å². The second-order valence-electron chi connectivity index (χ2n) is 4.96. The molecule has 22 heavy (non-hydrogen) atoms. The number of fused-ring (bicyclic) bond motifs is 1. The van der Waals surface area contributed by atoms with E-state index >= 15 is 0 Å². The molecule has 2 amide bonds. The van der Waals surface area contributed by atoms with Crippen LogP contribution in [0.4, 0.5) is 0 Å². The zero-order valence-corrected chi connectivity index (χ0v) is 13.1. The first-order valence-corrected chi connectivity index (χ1v) is 7.69. The Hall–Kier alpha value is -2.27. The average Bonchev–Trinajstić information content (AvgIpc) is 2.80. The van der Waals surface area contributed by atoms with Crippen LogP contribution in [0.25, 0.3) is 0 Å². The van der Waals surface area contributed by atoms with Gasteiger partial charge in [-0.25, -0.2) is 0 Å². The Bertz CT molecular complexity index is 723. The van der Waals surface area contributed by atoms with E-state index in [1.54, 1.807) is 48.5 Å². The summed E-state index contributed by atoms with van der Waals surface area (Å²) in [5, 5.41) is 0. The van der Waals surface area contributed by atoms with E-state index in [0.717, 1.165) is 4.90 Å². The Balaban J connectivity index is 1.79. The van der Waals surface area contributed by atoms with Crippen LogP contribution in [0, 0.1) is 0 Å². The monoisotopic (exact) mass is 357 g/mol. The third-order valence-corrected chi connectivity index (χ3v) is 4.27. The van der Waals surface area contributed by atoms with Crippen LogP contribution >= 0.6 is 15.9 Å². The summed E-state index contributed by atoms with van der Waals surface area (Å²) in [5.74, 6) is -0.867. The molecule has 0 N–H and O–H groups in total. The standard InChI is InChI=1S/C17H12BrNO3/c18-14(15(20)11-6-2-1-3-7-11)10-19-16(21)12-8-4-5-9-13(12)17(19)22/h1-9,14H,10H2. The third kappa shape index (κ3) is 2.48. The first kappa shape index (κ1) is 14.7. The van der Waals surface area contributed by atoms with Crippen molar-refractivity contribution in [1.29, 1.82) is 0 Å². The van der Waals surface area contributed by atoms with Crippen LogP contribution in [0.15, 0.2) is 54.6 Å². The SMILES string of the molecule is O=C(c1ccccc1)C(Br)CN1C(=O)c2ccccc2C1=O. The van der Waals surface area contributed by atoms with E-state index in [0.29, 0.717) is 16.7 Å².